The van der Waals surface area contributed by atoms with Crippen LogP contribution in [-0.4, -0.2) is 28.8 Å². The molecule has 0 radical (unpaired) electrons. The summed E-state index contributed by atoms with van der Waals surface area (Å²) in [5.41, 5.74) is 0.914. The smallest absolute Gasteiger partial charge is 0.229 e. The maximum absolute atomic E-state index is 11.8. The van der Waals surface area contributed by atoms with Crippen molar-refractivity contribution < 1.29 is 4.79 Å². The molecule has 1 atom stereocenters. The molecule has 5 nitrogen and oxygen atoms in total. The van der Waals surface area contributed by atoms with Gasteiger partial charge < -0.3 is 10.6 Å². The van der Waals surface area contributed by atoms with Crippen molar-refractivity contribution in [3.05, 3.63) is 11.8 Å². The predicted molar refractivity (Wildman–Crippen MR) is 64.8 cm³/mol. The number of aromatic nitrogens is 2. The summed E-state index contributed by atoms with van der Waals surface area (Å²) in [6.07, 6.45) is 0.919. The minimum atomic E-state index is 0. The van der Waals surface area contributed by atoms with Crippen LogP contribution in [-0.2, 0) is 11.8 Å². The molecule has 16 heavy (non-hydrogen) atoms. The summed E-state index contributed by atoms with van der Waals surface area (Å²) < 4.78 is 1.69. The van der Waals surface area contributed by atoms with Crippen molar-refractivity contribution in [1.82, 2.24) is 15.1 Å². The zero-order chi connectivity index (χ0) is 10.8. The average molecular weight is 245 g/mol. The fourth-order valence-electron chi connectivity index (χ4n) is 1.83. The van der Waals surface area contributed by atoms with Crippen molar-refractivity contribution in [1.29, 1.82) is 0 Å². The molecule has 1 aromatic rings. The van der Waals surface area contributed by atoms with E-state index < -0.39 is 0 Å². The highest BCUT2D eigenvalue weighted by Gasteiger charge is 2.22. The van der Waals surface area contributed by atoms with E-state index in [1.165, 1.54) is 0 Å². The van der Waals surface area contributed by atoms with E-state index in [1.807, 2.05) is 20.0 Å². The van der Waals surface area contributed by atoms with Gasteiger partial charge >= 0.3 is 0 Å². The molecule has 2 heterocycles. The Balaban J connectivity index is 0.00000128. The van der Waals surface area contributed by atoms with Crippen molar-refractivity contribution in [3.8, 4) is 0 Å². The number of nitrogens with one attached hydrogen (secondary N) is 2. The molecule has 1 fully saturated rings. The van der Waals surface area contributed by atoms with E-state index in [2.05, 4.69) is 15.7 Å². The van der Waals surface area contributed by atoms with Crippen LogP contribution < -0.4 is 10.6 Å². The Bertz CT molecular complexity index is 371. The lowest BCUT2D eigenvalue weighted by Crippen LogP contribution is -2.25. The van der Waals surface area contributed by atoms with Gasteiger partial charge in [-0.05, 0) is 19.9 Å². The molecule has 1 aliphatic heterocycles. The Kier molecular flexibility index (Phi) is 4.32. The molecular formula is C10H17ClN4O. The van der Waals surface area contributed by atoms with E-state index in [9.17, 15) is 4.79 Å². The lowest BCUT2D eigenvalue weighted by Gasteiger charge is -2.09. The summed E-state index contributed by atoms with van der Waals surface area (Å²) in [6, 6.07) is 1.88. The molecule has 0 unspecified atom stereocenters. The van der Waals surface area contributed by atoms with Gasteiger partial charge in [0.1, 0.15) is 5.82 Å². The molecule has 0 aromatic carbocycles. The highest BCUT2D eigenvalue weighted by molar-refractivity contribution is 5.92. The number of aryl methyl sites for hydroxylation is 2. The molecule has 6 heteroatoms. The Hall–Kier alpha value is -1.07. The highest BCUT2D eigenvalue weighted by atomic mass is 35.5. The Morgan fingerprint density at radius 2 is 2.44 bits per heavy atom. The second kappa shape index (κ2) is 5.32. The summed E-state index contributed by atoms with van der Waals surface area (Å²) in [4.78, 5) is 11.8. The van der Waals surface area contributed by atoms with E-state index >= 15 is 0 Å². The molecule has 1 amide bonds. The summed E-state index contributed by atoms with van der Waals surface area (Å²) in [5.74, 6) is 0.951. The first kappa shape index (κ1) is 13.0. The quantitative estimate of drug-likeness (QED) is 0.805. The second-order valence-electron chi connectivity index (χ2n) is 3.97. The Morgan fingerprint density at radius 1 is 1.69 bits per heavy atom. The third-order valence-corrected chi connectivity index (χ3v) is 2.68. The van der Waals surface area contributed by atoms with Gasteiger partial charge in [-0.25, -0.2) is 0 Å². The highest BCUT2D eigenvalue weighted by Crippen LogP contribution is 2.13. The van der Waals surface area contributed by atoms with Crippen LogP contribution in [0.15, 0.2) is 6.07 Å². The lowest BCUT2D eigenvalue weighted by molar-refractivity contribution is -0.119. The molecule has 1 aromatic heterocycles. The van der Waals surface area contributed by atoms with Crippen LogP contribution in [0.3, 0.4) is 0 Å². The second-order valence-corrected chi connectivity index (χ2v) is 3.97. The SMILES string of the molecule is Cc1cc(NC(=O)[C@@H]2CCNC2)n(C)n1.Cl. The number of hydrogen-bond donors (Lipinski definition) is 2. The predicted octanol–water partition coefficient (Wildman–Crippen LogP) is 0.698. The van der Waals surface area contributed by atoms with Crippen LogP contribution in [0.1, 0.15) is 12.1 Å². The number of carbonyl (C=O) groups is 1. The van der Waals surface area contributed by atoms with E-state index in [0.717, 1.165) is 31.0 Å². The summed E-state index contributed by atoms with van der Waals surface area (Å²) in [7, 11) is 1.83. The minimum absolute atomic E-state index is 0. The maximum Gasteiger partial charge on any atom is 0.229 e. The van der Waals surface area contributed by atoms with E-state index in [-0.39, 0.29) is 24.2 Å². The van der Waals surface area contributed by atoms with Gasteiger partial charge in [0.25, 0.3) is 0 Å². The molecule has 1 aliphatic rings. The fourth-order valence-corrected chi connectivity index (χ4v) is 1.83. The summed E-state index contributed by atoms with van der Waals surface area (Å²) in [5, 5.41) is 10.2. The normalized spacial score (nSPS) is 19.2. The molecule has 90 valence electrons. The van der Waals surface area contributed by atoms with Crippen LogP contribution in [0.25, 0.3) is 0 Å². The van der Waals surface area contributed by atoms with E-state index in [0.29, 0.717) is 0 Å². The van der Waals surface area contributed by atoms with Crippen molar-refractivity contribution in [2.75, 3.05) is 18.4 Å². The van der Waals surface area contributed by atoms with Crippen molar-refractivity contribution in [2.45, 2.75) is 13.3 Å². The Morgan fingerprint density at radius 3 is 2.94 bits per heavy atom. The summed E-state index contributed by atoms with van der Waals surface area (Å²) >= 11 is 0. The van der Waals surface area contributed by atoms with Gasteiger partial charge in [-0.1, -0.05) is 0 Å². The summed E-state index contributed by atoms with van der Waals surface area (Å²) in [6.45, 7) is 3.62. The third kappa shape index (κ3) is 2.74. The maximum atomic E-state index is 11.8. The molecule has 0 aliphatic carbocycles. The van der Waals surface area contributed by atoms with Crippen LogP contribution in [0, 0.1) is 12.8 Å². The molecule has 1 saturated heterocycles. The van der Waals surface area contributed by atoms with Gasteiger partial charge in [-0.3, -0.25) is 9.48 Å². The van der Waals surface area contributed by atoms with Gasteiger partial charge in [0.2, 0.25) is 5.91 Å². The van der Waals surface area contributed by atoms with Crippen LogP contribution in [0.5, 0.6) is 0 Å². The Labute approximate surface area is 101 Å². The molecule has 0 spiro atoms. The van der Waals surface area contributed by atoms with Gasteiger partial charge in [0.15, 0.2) is 0 Å². The van der Waals surface area contributed by atoms with Gasteiger partial charge in [-0.2, -0.15) is 5.10 Å². The number of nitrogens with zero attached hydrogens (tertiary/aromatic N) is 2. The molecule has 0 bridgehead atoms. The monoisotopic (exact) mass is 244 g/mol. The third-order valence-electron chi connectivity index (χ3n) is 2.68. The number of anilines is 1. The first-order valence-electron chi connectivity index (χ1n) is 5.19. The van der Waals surface area contributed by atoms with Crippen molar-refractivity contribution >= 4 is 24.1 Å². The average Bonchev–Trinajstić information content (AvgIpc) is 2.76. The van der Waals surface area contributed by atoms with Gasteiger partial charge in [-0.15, -0.1) is 12.4 Å². The topological polar surface area (TPSA) is 59.0 Å². The van der Waals surface area contributed by atoms with E-state index in [1.54, 1.807) is 4.68 Å². The van der Waals surface area contributed by atoms with Crippen LogP contribution >= 0.6 is 12.4 Å². The number of carbonyl (C=O) groups excluding carboxylic acids is 1. The number of amides is 1. The van der Waals surface area contributed by atoms with Gasteiger partial charge in [0.05, 0.1) is 11.6 Å². The number of hydrogen-bond acceptors (Lipinski definition) is 3. The van der Waals surface area contributed by atoms with Gasteiger partial charge in [0, 0.05) is 19.7 Å². The van der Waals surface area contributed by atoms with Crippen LogP contribution in [0.2, 0.25) is 0 Å². The zero-order valence-electron chi connectivity index (χ0n) is 9.49. The van der Waals surface area contributed by atoms with Crippen molar-refractivity contribution in [3.63, 3.8) is 0 Å². The molecule has 2 rings (SSSR count). The standard InChI is InChI=1S/C10H16N4O.ClH/c1-7-5-9(14(2)13-7)12-10(15)8-3-4-11-6-8;/h5,8,11H,3-4,6H2,1-2H3,(H,12,15);1H/t8-;/m1./s1. The first-order valence-corrected chi connectivity index (χ1v) is 5.19. The largest absolute Gasteiger partial charge is 0.316 e. The van der Waals surface area contributed by atoms with E-state index in [4.69, 9.17) is 0 Å². The first-order chi connectivity index (χ1) is 7.16. The number of rotatable bonds is 2. The van der Waals surface area contributed by atoms with Crippen molar-refractivity contribution in [2.24, 2.45) is 13.0 Å². The zero-order valence-corrected chi connectivity index (χ0v) is 10.3. The fraction of sp³-hybridized carbons (Fsp3) is 0.600. The molecule has 2 N–H and O–H groups in total. The molecule has 0 saturated carbocycles. The molecular weight excluding hydrogens is 228 g/mol. The number of halogens is 1. The minimum Gasteiger partial charge on any atom is -0.316 e. The lowest BCUT2D eigenvalue weighted by atomic mass is 10.1. The van der Waals surface area contributed by atoms with Crippen LogP contribution in [0.4, 0.5) is 5.82 Å².